The Labute approximate surface area is 130 Å². The molecular weight excluding hydrogens is 276 g/mol. The minimum atomic E-state index is -1.81. The fourth-order valence-corrected chi connectivity index (χ4v) is 4.31. The third kappa shape index (κ3) is 4.53. The lowest BCUT2D eigenvalue weighted by Crippen LogP contribution is -2.45. The van der Waals surface area contributed by atoms with Crippen molar-refractivity contribution in [3.63, 3.8) is 0 Å². The third-order valence-electron chi connectivity index (χ3n) is 4.29. The molecule has 2 unspecified atom stereocenters. The van der Waals surface area contributed by atoms with Gasteiger partial charge in [-0.05, 0) is 51.9 Å². The Morgan fingerprint density at radius 3 is 2.57 bits per heavy atom. The van der Waals surface area contributed by atoms with E-state index >= 15 is 0 Å². The average Bonchev–Trinajstić information content (AvgIpc) is 3.08. The summed E-state index contributed by atoms with van der Waals surface area (Å²) in [5.41, 5.74) is 1.40. The second kappa shape index (κ2) is 6.47. The fourth-order valence-electron chi connectivity index (χ4n) is 2.58. The van der Waals surface area contributed by atoms with Gasteiger partial charge in [0.15, 0.2) is 0 Å². The van der Waals surface area contributed by atoms with Crippen molar-refractivity contribution in [2.45, 2.75) is 58.4 Å². The van der Waals surface area contributed by atoms with Gasteiger partial charge in [-0.3, -0.25) is 0 Å². The van der Waals surface area contributed by atoms with E-state index in [1.54, 1.807) is 0 Å². The molecule has 2 nitrogen and oxygen atoms in total. The van der Waals surface area contributed by atoms with Crippen LogP contribution in [0.3, 0.4) is 0 Å². The van der Waals surface area contributed by atoms with E-state index in [0.29, 0.717) is 0 Å². The van der Waals surface area contributed by atoms with Crippen molar-refractivity contribution < 1.29 is 9.16 Å². The first-order chi connectivity index (χ1) is 9.83. The molecule has 1 aliphatic heterocycles. The molecule has 1 fully saturated rings. The minimum Gasteiger partial charge on any atom is -0.410 e. The van der Waals surface area contributed by atoms with Crippen LogP contribution >= 0.6 is 0 Å². The maximum absolute atomic E-state index is 6.26. The molecule has 1 aromatic carbocycles. The van der Waals surface area contributed by atoms with Crippen LogP contribution in [-0.4, -0.2) is 26.6 Å². The summed E-state index contributed by atoms with van der Waals surface area (Å²) in [7, 11) is -1.81. The molecule has 0 amide bonds. The summed E-state index contributed by atoms with van der Waals surface area (Å²) < 4.78 is 12.1. The van der Waals surface area contributed by atoms with Crippen molar-refractivity contribution in [1.82, 2.24) is 0 Å². The lowest BCUT2D eigenvalue weighted by Gasteiger charge is -2.23. The van der Waals surface area contributed by atoms with Crippen LogP contribution in [-0.2, 0) is 9.16 Å². The first-order valence-corrected chi connectivity index (χ1v) is 10.7. The number of ether oxygens (including phenoxy) is 1. The van der Waals surface area contributed by atoms with Crippen molar-refractivity contribution in [3.8, 4) is 0 Å². The first-order valence-electron chi connectivity index (χ1n) is 7.84. The van der Waals surface area contributed by atoms with Gasteiger partial charge in [-0.1, -0.05) is 42.0 Å². The van der Waals surface area contributed by atoms with Crippen LogP contribution in [0.15, 0.2) is 42.0 Å². The van der Waals surface area contributed by atoms with E-state index in [2.05, 4.69) is 70.3 Å². The van der Waals surface area contributed by atoms with Gasteiger partial charge >= 0.3 is 0 Å². The van der Waals surface area contributed by atoms with Crippen molar-refractivity contribution >= 4 is 13.5 Å². The van der Waals surface area contributed by atoms with E-state index in [1.165, 1.54) is 10.8 Å². The van der Waals surface area contributed by atoms with Crippen molar-refractivity contribution in [2.24, 2.45) is 0 Å². The lowest BCUT2D eigenvalue weighted by atomic mass is 10.0. The highest BCUT2D eigenvalue weighted by Gasteiger charge is 2.51. The smallest absolute Gasteiger partial charge is 0.218 e. The van der Waals surface area contributed by atoms with E-state index in [-0.39, 0.29) is 11.7 Å². The monoisotopic (exact) mass is 304 g/mol. The van der Waals surface area contributed by atoms with E-state index in [1.807, 2.05) is 0 Å². The van der Waals surface area contributed by atoms with Gasteiger partial charge < -0.3 is 9.16 Å². The molecular formula is C18H28O2Si. The molecule has 2 rings (SSSR count). The highest BCUT2D eigenvalue weighted by Crippen LogP contribution is 2.40. The van der Waals surface area contributed by atoms with Gasteiger partial charge in [-0.25, -0.2) is 0 Å². The molecule has 2 atom stereocenters. The predicted octanol–water partition coefficient (Wildman–Crippen LogP) is 4.02. The summed E-state index contributed by atoms with van der Waals surface area (Å²) in [6.07, 6.45) is 4.72. The molecule has 1 aromatic rings. The zero-order chi connectivity index (χ0) is 15.5. The van der Waals surface area contributed by atoms with Crippen LogP contribution < -0.4 is 5.19 Å². The summed E-state index contributed by atoms with van der Waals surface area (Å²) in [6.45, 7) is 11.7. The van der Waals surface area contributed by atoms with Gasteiger partial charge in [-0.15, -0.1) is 0 Å². The number of epoxide rings is 1. The Balaban J connectivity index is 1.81. The summed E-state index contributed by atoms with van der Waals surface area (Å²) in [5, 5.41) is 1.34. The largest absolute Gasteiger partial charge is 0.410 e. The Morgan fingerprint density at radius 1 is 1.29 bits per heavy atom. The number of rotatable bonds is 7. The van der Waals surface area contributed by atoms with E-state index in [0.717, 1.165) is 19.4 Å². The highest BCUT2D eigenvalue weighted by molar-refractivity contribution is 6.84. The maximum atomic E-state index is 6.26. The van der Waals surface area contributed by atoms with Gasteiger partial charge in [0.2, 0.25) is 8.32 Å². The lowest BCUT2D eigenvalue weighted by molar-refractivity contribution is 0.247. The number of allylic oxidation sites excluding steroid dienone is 2. The molecule has 0 aromatic heterocycles. The standard InChI is InChI=1S/C18H28O2Si/c1-15(2)10-9-13-18(3)17(20-18)14-19-21(4,5)16-11-7-6-8-12-16/h6-8,10-12,17H,9,13-14H2,1-5H3. The van der Waals surface area contributed by atoms with Gasteiger partial charge in [0.25, 0.3) is 0 Å². The third-order valence-corrected chi connectivity index (χ3v) is 6.91. The van der Waals surface area contributed by atoms with E-state index < -0.39 is 8.32 Å². The Kier molecular flexibility index (Phi) is 5.07. The van der Waals surface area contributed by atoms with Gasteiger partial charge in [0, 0.05) is 0 Å². The number of benzene rings is 1. The highest BCUT2D eigenvalue weighted by atomic mass is 28.4. The molecule has 1 heterocycles. The molecule has 21 heavy (non-hydrogen) atoms. The summed E-state index contributed by atoms with van der Waals surface area (Å²) in [6, 6.07) is 10.6. The van der Waals surface area contributed by atoms with Gasteiger partial charge in [0.1, 0.15) is 6.10 Å². The van der Waals surface area contributed by atoms with Crippen molar-refractivity contribution in [1.29, 1.82) is 0 Å². The molecule has 0 saturated carbocycles. The maximum Gasteiger partial charge on any atom is 0.218 e. The molecule has 0 radical (unpaired) electrons. The molecule has 0 N–H and O–H groups in total. The van der Waals surface area contributed by atoms with E-state index in [9.17, 15) is 0 Å². The topological polar surface area (TPSA) is 21.8 Å². The molecule has 3 heteroatoms. The molecule has 116 valence electrons. The van der Waals surface area contributed by atoms with Crippen LogP contribution in [0.25, 0.3) is 0 Å². The normalized spacial score (nSPS) is 24.7. The Bertz CT molecular complexity index is 491. The van der Waals surface area contributed by atoms with Crippen LogP contribution in [0.2, 0.25) is 13.1 Å². The summed E-state index contributed by atoms with van der Waals surface area (Å²) in [5.74, 6) is 0. The summed E-state index contributed by atoms with van der Waals surface area (Å²) >= 11 is 0. The Hall–Kier alpha value is -0.903. The van der Waals surface area contributed by atoms with Crippen LogP contribution in [0.4, 0.5) is 0 Å². The SMILES string of the molecule is CC(C)=CCCC1(C)OC1CO[Si](C)(C)c1ccccc1. The molecule has 1 aliphatic rings. The quantitative estimate of drug-likeness (QED) is 0.431. The minimum absolute atomic E-state index is 0.0210. The van der Waals surface area contributed by atoms with Gasteiger partial charge in [0.05, 0.1) is 12.2 Å². The zero-order valence-corrected chi connectivity index (χ0v) is 15.0. The number of hydrogen-bond donors (Lipinski definition) is 0. The average molecular weight is 305 g/mol. The van der Waals surface area contributed by atoms with Crippen LogP contribution in [0.5, 0.6) is 0 Å². The summed E-state index contributed by atoms with van der Waals surface area (Å²) in [4.78, 5) is 0. The second-order valence-corrected chi connectivity index (χ2v) is 10.8. The second-order valence-electron chi connectivity index (χ2n) is 6.93. The molecule has 0 bridgehead atoms. The first kappa shape index (κ1) is 16.5. The number of hydrogen-bond acceptors (Lipinski definition) is 2. The molecule has 0 spiro atoms. The predicted molar refractivity (Wildman–Crippen MR) is 91.5 cm³/mol. The van der Waals surface area contributed by atoms with Crippen LogP contribution in [0.1, 0.15) is 33.6 Å². The molecule has 1 saturated heterocycles. The van der Waals surface area contributed by atoms with Crippen molar-refractivity contribution in [3.05, 3.63) is 42.0 Å². The zero-order valence-electron chi connectivity index (χ0n) is 14.0. The van der Waals surface area contributed by atoms with Crippen LogP contribution in [0, 0.1) is 0 Å². The van der Waals surface area contributed by atoms with Gasteiger partial charge in [-0.2, -0.15) is 0 Å². The fraction of sp³-hybridized carbons (Fsp3) is 0.556. The molecule has 0 aliphatic carbocycles. The van der Waals surface area contributed by atoms with E-state index in [4.69, 9.17) is 9.16 Å². The Morgan fingerprint density at radius 2 is 1.95 bits per heavy atom. The van der Waals surface area contributed by atoms with Crippen molar-refractivity contribution in [2.75, 3.05) is 6.61 Å².